The van der Waals surface area contributed by atoms with Crippen molar-refractivity contribution in [1.29, 1.82) is 0 Å². The molecule has 0 bridgehead atoms. The summed E-state index contributed by atoms with van der Waals surface area (Å²) in [6.07, 6.45) is 6.14. The predicted octanol–water partition coefficient (Wildman–Crippen LogP) is 2.56. The topological polar surface area (TPSA) is 68.6 Å². The Morgan fingerprint density at radius 1 is 1.32 bits per heavy atom. The summed E-state index contributed by atoms with van der Waals surface area (Å²) < 4.78 is 12.8. The van der Waals surface area contributed by atoms with Crippen LogP contribution in [-0.2, 0) is 13.1 Å². The highest BCUT2D eigenvalue weighted by molar-refractivity contribution is 5.97. The van der Waals surface area contributed by atoms with Gasteiger partial charge in [0.25, 0.3) is 5.91 Å². The van der Waals surface area contributed by atoms with E-state index in [1.807, 2.05) is 12.4 Å². The molecule has 1 aromatic heterocycles. The zero-order valence-corrected chi connectivity index (χ0v) is 17.0. The number of benzene rings is 1. The van der Waals surface area contributed by atoms with Crippen molar-refractivity contribution in [3.63, 3.8) is 0 Å². The quantitative estimate of drug-likeness (QED) is 0.755. The van der Waals surface area contributed by atoms with Crippen LogP contribution in [0.3, 0.4) is 0 Å². The van der Waals surface area contributed by atoms with Crippen molar-refractivity contribution < 1.29 is 14.3 Å². The summed E-state index contributed by atoms with van der Waals surface area (Å²) in [4.78, 5) is 19.6. The van der Waals surface area contributed by atoms with Crippen LogP contribution in [0.4, 0.5) is 0 Å². The number of carbonyl (C=O) groups is 1. The maximum atomic E-state index is 12.7. The molecular weight excluding hydrogens is 356 g/mol. The smallest absolute Gasteiger partial charge is 0.255 e. The summed E-state index contributed by atoms with van der Waals surface area (Å²) in [6, 6.07) is 5.34. The van der Waals surface area contributed by atoms with E-state index in [-0.39, 0.29) is 5.91 Å². The number of nitrogens with one attached hydrogen (secondary N) is 1. The number of nitrogens with zero attached hydrogens (tertiary/aromatic N) is 3. The first-order chi connectivity index (χ1) is 13.7. The van der Waals surface area contributed by atoms with Gasteiger partial charge < -0.3 is 19.4 Å². The molecule has 1 N–H and O–H groups in total. The minimum Gasteiger partial charge on any atom is -0.493 e. The molecular formula is C21H30N4O3. The Morgan fingerprint density at radius 3 is 2.93 bits per heavy atom. The lowest BCUT2D eigenvalue weighted by Crippen LogP contribution is -2.41. The molecule has 1 aliphatic rings. The number of amides is 1. The van der Waals surface area contributed by atoms with E-state index in [4.69, 9.17) is 9.47 Å². The van der Waals surface area contributed by atoms with Gasteiger partial charge in [-0.15, -0.1) is 0 Å². The molecule has 3 rings (SSSR count). The van der Waals surface area contributed by atoms with Gasteiger partial charge >= 0.3 is 0 Å². The molecule has 1 amide bonds. The first-order valence-electron chi connectivity index (χ1n) is 9.87. The summed E-state index contributed by atoms with van der Waals surface area (Å²) in [6.45, 7) is 6.61. The van der Waals surface area contributed by atoms with Gasteiger partial charge in [0.15, 0.2) is 11.5 Å². The number of para-hydroxylation sites is 1. The Bertz CT molecular complexity index is 790. The van der Waals surface area contributed by atoms with E-state index in [1.165, 1.54) is 0 Å². The molecule has 1 atom stereocenters. The van der Waals surface area contributed by atoms with E-state index >= 15 is 0 Å². The van der Waals surface area contributed by atoms with Crippen molar-refractivity contribution in [3.05, 3.63) is 42.0 Å². The molecule has 28 heavy (non-hydrogen) atoms. The van der Waals surface area contributed by atoms with E-state index in [9.17, 15) is 4.79 Å². The normalized spacial score (nSPS) is 17.3. The summed E-state index contributed by atoms with van der Waals surface area (Å²) >= 11 is 0. The second-order valence-corrected chi connectivity index (χ2v) is 7.12. The summed E-state index contributed by atoms with van der Waals surface area (Å²) in [5, 5.41) is 3.07. The Morgan fingerprint density at radius 2 is 2.18 bits per heavy atom. The number of carbonyl (C=O) groups excluding carboxylic acids is 1. The fourth-order valence-corrected chi connectivity index (χ4v) is 3.84. The van der Waals surface area contributed by atoms with E-state index < -0.39 is 0 Å². The lowest BCUT2D eigenvalue weighted by atomic mass is 9.97. The molecule has 1 aliphatic heterocycles. The molecule has 0 saturated carbocycles. The number of hydrogen-bond acceptors (Lipinski definition) is 5. The SMILES string of the molecule is CCn1ccnc1CN1CCCC(CNC(=O)c2cccc(OC)c2OC)C1. The van der Waals surface area contributed by atoms with Gasteiger partial charge in [0.05, 0.1) is 26.3 Å². The van der Waals surface area contributed by atoms with Gasteiger partial charge in [-0.1, -0.05) is 6.07 Å². The van der Waals surface area contributed by atoms with Crippen LogP contribution in [0.2, 0.25) is 0 Å². The van der Waals surface area contributed by atoms with Gasteiger partial charge in [-0.3, -0.25) is 9.69 Å². The maximum absolute atomic E-state index is 12.7. The highest BCUT2D eigenvalue weighted by Gasteiger charge is 2.23. The summed E-state index contributed by atoms with van der Waals surface area (Å²) in [7, 11) is 3.12. The summed E-state index contributed by atoms with van der Waals surface area (Å²) in [5.74, 6) is 2.44. The fraction of sp³-hybridized carbons (Fsp3) is 0.524. The Kier molecular flexibility index (Phi) is 6.92. The average Bonchev–Trinajstić information content (AvgIpc) is 3.18. The van der Waals surface area contributed by atoms with Crippen LogP contribution in [0.25, 0.3) is 0 Å². The number of aryl methyl sites for hydroxylation is 1. The van der Waals surface area contributed by atoms with Crippen LogP contribution in [0.15, 0.2) is 30.6 Å². The Labute approximate surface area is 166 Å². The molecule has 1 saturated heterocycles. The zero-order chi connectivity index (χ0) is 19.9. The van der Waals surface area contributed by atoms with Gasteiger partial charge in [-0.25, -0.2) is 4.98 Å². The number of likely N-dealkylation sites (tertiary alicyclic amines) is 1. The van der Waals surface area contributed by atoms with Crippen molar-refractivity contribution in [2.45, 2.75) is 32.9 Å². The maximum Gasteiger partial charge on any atom is 0.255 e. The highest BCUT2D eigenvalue weighted by atomic mass is 16.5. The van der Waals surface area contributed by atoms with Crippen LogP contribution in [-0.4, -0.2) is 54.2 Å². The molecule has 152 valence electrons. The average molecular weight is 386 g/mol. The molecule has 0 spiro atoms. The first-order valence-corrected chi connectivity index (χ1v) is 9.87. The standard InChI is InChI=1S/C21H30N4O3/c1-4-25-12-10-22-19(25)15-24-11-6-7-16(14-24)13-23-21(26)17-8-5-9-18(27-2)20(17)28-3/h5,8-10,12,16H,4,6-7,11,13-15H2,1-3H3,(H,23,26). The lowest BCUT2D eigenvalue weighted by molar-refractivity contribution is 0.0926. The number of piperidine rings is 1. The third-order valence-corrected chi connectivity index (χ3v) is 5.31. The zero-order valence-electron chi connectivity index (χ0n) is 17.0. The van der Waals surface area contributed by atoms with Gasteiger partial charge in [0.2, 0.25) is 0 Å². The number of imidazole rings is 1. The van der Waals surface area contributed by atoms with Gasteiger partial charge in [-0.2, -0.15) is 0 Å². The van der Waals surface area contributed by atoms with Crippen LogP contribution in [0.5, 0.6) is 11.5 Å². The lowest BCUT2D eigenvalue weighted by Gasteiger charge is -2.32. The third kappa shape index (κ3) is 4.65. The van der Waals surface area contributed by atoms with Gasteiger partial charge in [0, 0.05) is 32.0 Å². The van der Waals surface area contributed by atoms with E-state index in [0.29, 0.717) is 29.5 Å². The molecule has 0 aliphatic carbocycles. The minimum atomic E-state index is -0.130. The van der Waals surface area contributed by atoms with Crippen molar-refractivity contribution >= 4 is 5.91 Å². The Hall–Kier alpha value is -2.54. The van der Waals surface area contributed by atoms with Crippen LogP contribution in [0.1, 0.15) is 35.9 Å². The van der Waals surface area contributed by atoms with Crippen molar-refractivity contribution in [2.75, 3.05) is 33.9 Å². The minimum absolute atomic E-state index is 0.130. The molecule has 0 radical (unpaired) electrons. The highest BCUT2D eigenvalue weighted by Crippen LogP contribution is 2.30. The van der Waals surface area contributed by atoms with Crippen LogP contribution in [0, 0.1) is 5.92 Å². The Balaban J connectivity index is 1.56. The number of aromatic nitrogens is 2. The predicted molar refractivity (Wildman–Crippen MR) is 108 cm³/mol. The second-order valence-electron chi connectivity index (χ2n) is 7.12. The van der Waals surface area contributed by atoms with Crippen LogP contribution >= 0.6 is 0 Å². The molecule has 1 unspecified atom stereocenters. The third-order valence-electron chi connectivity index (χ3n) is 5.31. The molecule has 2 aromatic rings. The van der Waals surface area contributed by atoms with Gasteiger partial charge in [-0.05, 0) is 44.4 Å². The van der Waals surface area contributed by atoms with E-state index in [0.717, 1.165) is 44.8 Å². The van der Waals surface area contributed by atoms with Crippen molar-refractivity contribution in [3.8, 4) is 11.5 Å². The molecule has 7 heteroatoms. The summed E-state index contributed by atoms with van der Waals surface area (Å²) in [5.41, 5.74) is 0.500. The van der Waals surface area contributed by atoms with E-state index in [1.54, 1.807) is 32.4 Å². The number of rotatable bonds is 8. The van der Waals surface area contributed by atoms with E-state index in [2.05, 4.69) is 26.7 Å². The fourth-order valence-electron chi connectivity index (χ4n) is 3.84. The second kappa shape index (κ2) is 9.59. The number of ether oxygens (including phenoxy) is 2. The van der Waals surface area contributed by atoms with Crippen molar-refractivity contribution in [2.24, 2.45) is 5.92 Å². The molecule has 7 nitrogen and oxygen atoms in total. The van der Waals surface area contributed by atoms with Crippen LogP contribution < -0.4 is 14.8 Å². The number of methoxy groups -OCH3 is 2. The largest absolute Gasteiger partial charge is 0.493 e. The van der Waals surface area contributed by atoms with Crippen molar-refractivity contribution in [1.82, 2.24) is 19.8 Å². The molecule has 1 fully saturated rings. The first kappa shape index (κ1) is 20.2. The molecule has 1 aromatic carbocycles. The monoisotopic (exact) mass is 386 g/mol. The van der Waals surface area contributed by atoms with Gasteiger partial charge in [0.1, 0.15) is 5.82 Å². The molecule has 2 heterocycles. The number of hydrogen-bond donors (Lipinski definition) is 1.